The van der Waals surface area contributed by atoms with Gasteiger partial charge in [-0.2, -0.15) is 0 Å². The number of hydrogen-bond acceptors (Lipinski definition) is 4. The molecule has 5 nitrogen and oxygen atoms in total. The van der Waals surface area contributed by atoms with Crippen LogP contribution in [0.25, 0.3) is 0 Å². The van der Waals surface area contributed by atoms with Crippen LogP contribution in [0.5, 0.6) is 0 Å². The van der Waals surface area contributed by atoms with Gasteiger partial charge < -0.3 is 5.73 Å². The maximum atomic E-state index is 12.2. The van der Waals surface area contributed by atoms with Crippen molar-refractivity contribution in [3.05, 3.63) is 11.9 Å². The first-order valence-corrected chi connectivity index (χ1v) is 6.72. The second kappa shape index (κ2) is 5.61. The zero-order chi connectivity index (χ0) is 13.1. The average molecular weight is 250 g/mol. The Bertz CT molecular complexity index is 415. The number of hydrogen-bond donors (Lipinski definition) is 1. The van der Waals surface area contributed by atoms with Crippen molar-refractivity contribution in [3.63, 3.8) is 0 Å². The number of nitrogens with zero attached hydrogens (tertiary/aromatic N) is 3. The summed E-state index contributed by atoms with van der Waals surface area (Å²) in [6.45, 7) is 5.22. The van der Waals surface area contributed by atoms with E-state index in [0.29, 0.717) is 19.0 Å². The Morgan fingerprint density at radius 2 is 2.22 bits per heavy atom. The quantitative estimate of drug-likeness (QED) is 0.876. The smallest absolute Gasteiger partial charge is 0.157 e. The molecule has 1 heterocycles. The van der Waals surface area contributed by atoms with Crippen LogP contribution in [-0.2, 0) is 17.9 Å². The van der Waals surface area contributed by atoms with E-state index in [1.165, 1.54) is 0 Å². The molecule has 18 heavy (non-hydrogen) atoms. The molecule has 0 bridgehead atoms. The van der Waals surface area contributed by atoms with Gasteiger partial charge in [0, 0.05) is 12.5 Å². The van der Waals surface area contributed by atoms with E-state index in [9.17, 15) is 4.79 Å². The first kappa shape index (κ1) is 13.2. The molecule has 3 atom stereocenters. The van der Waals surface area contributed by atoms with Gasteiger partial charge in [-0.15, -0.1) is 5.10 Å². The molecule has 1 fully saturated rings. The summed E-state index contributed by atoms with van der Waals surface area (Å²) >= 11 is 0. The van der Waals surface area contributed by atoms with Gasteiger partial charge >= 0.3 is 0 Å². The lowest BCUT2D eigenvalue weighted by molar-refractivity contribution is -0.125. The number of rotatable bonds is 4. The predicted octanol–water partition coefficient (Wildman–Crippen LogP) is 1.38. The minimum Gasteiger partial charge on any atom is -0.325 e. The van der Waals surface area contributed by atoms with Crippen LogP contribution >= 0.6 is 0 Å². The zero-order valence-corrected chi connectivity index (χ0v) is 11.2. The molecule has 0 saturated heterocycles. The third-order valence-electron chi connectivity index (χ3n) is 4.17. The standard InChI is InChI=1S/C13H22N4O/c1-9-3-4-11(5-10(9)2)13(18)8-17-7-12(6-14)15-16-17/h7,9-11H,3-6,8,14H2,1-2H3. The zero-order valence-electron chi connectivity index (χ0n) is 11.2. The molecule has 0 aliphatic heterocycles. The van der Waals surface area contributed by atoms with E-state index < -0.39 is 0 Å². The Morgan fingerprint density at radius 1 is 1.44 bits per heavy atom. The predicted molar refractivity (Wildman–Crippen MR) is 68.6 cm³/mol. The van der Waals surface area contributed by atoms with E-state index in [0.717, 1.165) is 30.9 Å². The van der Waals surface area contributed by atoms with E-state index in [4.69, 9.17) is 5.73 Å². The maximum Gasteiger partial charge on any atom is 0.157 e. The van der Waals surface area contributed by atoms with Crippen LogP contribution in [0, 0.1) is 17.8 Å². The van der Waals surface area contributed by atoms with Crippen LogP contribution < -0.4 is 5.73 Å². The molecular formula is C13H22N4O. The number of nitrogens with two attached hydrogens (primary N) is 1. The van der Waals surface area contributed by atoms with Crippen LogP contribution in [0.15, 0.2) is 6.20 Å². The van der Waals surface area contributed by atoms with Gasteiger partial charge in [0.1, 0.15) is 6.54 Å². The van der Waals surface area contributed by atoms with Crippen LogP contribution in [0.1, 0.15) is 38.8 Å². The topological polar surface area (TPSA) is 73.8 Å². The molecule has 1 aromatic rings. The molecule has 1 aromatic heterocycles. The maximum absolute atomic E-state index is 12.2. The van der Waals surface area contributed by atoms with E-state index in [2.05, 4.69) is 24.2 Å². The lowest BCUT2D eigenvalue weighted by Crippen LogP contribution is -2.28. The fourth-order valence-electron chi connectivity index (χ4n) is 2.64. The molecule has 0 aromatic carbocycles. The van der Waals surface area contributed by atoms with Crippen LogP contribution in [0.3, 0.4) is 0 Å². The third kappa shape index (κ3) is 2.96. The van der Waals surface area contributed by atoms with E-state index in [1.807, 2.05) is 0 Å². The Hall–Kier alpha value is -1.23. The first-order chi connectivity index (χ1) is 8.60. The summed E-state index contributed by atoms with van der Waals surface area (Å²) in [5, 5.41) is 7.82. The normalized spacial score (nSPS) is 28.3. The molecule has 0 spiro atoms. The summed E-state index contributed by atoms with van der Waals surface area (Å²) in [4.78, 5) is 12.2. The SMILES string of the molecule is CC1CCC(C(=O)Cn2cc(CN)nn2)CC1C. The second-order valence-electron chi connectivity index (χ2n) is 5.54. The van der Waals surface area contributed by atoms with Crippen molar-refractivity contribution >= 4 is 5.78 Å². The van der Waals surface area contributed by atoms with Gasteiger partial charge in [0.2, 0.25) is 0 Å². The van der Waals surface area contributed by atoms with Crippen LogP contribution in [0.4, 0.5) is 0 Å². The second-order valence-corrected chi connectivity index (χ2v) is 5.54. The molecule has 100 valence electrons. The van der Waals surface area contributed by atoms with Crippen molar-refractivity contribution in [3.8, 4) is 0 Å². The van der Waals surface area contributed by atoms with Crippen molar-refractivity contribution in [2.45, 2.75) is 46.2 Å². The summed E-state index contributed by atoms with van der Waals surface area (Å²) in [6.07, 6.45) is 4.94. The van der Waals surface area contributed by atoms with Gasteiger partial charge in [-0.3, -0.25) is 4.79 Å². The Kier molecular flexibility index (Phi) is 4.11. The summed E-state index contributed by atoms with van der Waals surface area (Å²) in [6, 6.07) is 0. The fourth-order valence-corrected chi connectivity index (χ4v) is 2.64. The molecule has 1 aliphatic rings. The number of Topliss-reactive ketones (excluding diaryl/α,β-unsaturated/α-hetero) is 1. The van der Waals surface area contributed by atoms with E-state index >= 15 is 0 Å². The largest absolute Gasteiger partial charge is 0.325 e. The summed E-state index contributed by atoms with van der Waals surface area (Å²) in [5.74, 6) is 1.86. The average Bonchev–Trinajstić information content (AvgIpc) is 2.80. The summed E-state index contributed by atoms with van der Waals surface area (Å²) in [5.41, 5.74) is 6.20. The van der Waals surface area contributed by atoms with Gasteiger partial charge in [-0.1, -0.05) is 19.1 Å². The molecule has 1 saturated carbocycles. The Balaban J connectivity index is 1.91. The molecule has 3 unspecified atom stereocenters. The van der Waals surface area contributed by atoms with Crippen LogP contribution in [-0.4, -0.2) is 20.8 Å². The number of carbonyl (C=O) groups is 1. The van der Waals surface area contributed by atoms with E-state index in [-0.39, 0.29) is 11.7 Å². The molecule has 0 radical (unpaired) electrons. The van der Waals surface area contributed by atoms with Crippen molar-refractivity contribution < 1.29 is 4.79 Å². The molecule has 5 heteroatoms. The summed E-state index contributed by atoms with van der Waals surface area (Å²) in [7, 11) is 0. The molecule has 0 amide bonds. The minimum atomic E-state index is 0.196. The minimum absolute atomic E-state index is 0.196. The highest BCUT2D eigenvalue weighted by molar-refractivity contribution is 5.80. The van der Waals surface area contributed by atoms with Gasteiger partial charge in [0.25, 0.3) is 0 Å². The first-order valence-electron chi connectivity index (χ1n) is 6.72. The molecule has 2 N–H and O–H groups in total. The Morgan fingerprint density at radius 3 is 2.83 bits per heavy atom. The highest BCUT2D eigenvalue weighted by Gasteiger charge is 2.29. The van der Waals surface area contributed by atoms with Gasteiger partial charge in [-0.25, -0.2) is 4.68 Å². The number of carbonyl (C=O) groups excluding carboxylic acids is 1. The van der Waals surface area contributed by atoms with Gasteiger partial charge in [0.05, 0.1) is 11.9 Å². The number of aromatic nitrogens is 3. The third-order valence-corrected chi connectivity index (χ3v) is 4.17. The molecule has 2 rings (SSSR count). The van der Waals surface area contributed by atoms with Crippen LogP contribution in [0.2, 0.25) is 0 Å². The molecular weight excluding hydrogens is 228 g/mol. The van der Waals surface area contributed by atoms with Gasteiger partial charge in [0.15, 0.2) is 5.78 Å². The van der Waals surface area contributed by atoms with Crippen molar-refractivity contribution in [1.29, 1.82) is 0 Å². The monoisotopic (exact) mass is 250 g/mol. The summed E-state index contributed by atoms with van der Waals surface area (Å²) < 4.78 is 1.60. The fraction of sp³-hybridized carbons (Fsp3) is 0.769. The highest BCUT2D eigenvalue weighted by Crippen LogP contribution is 2.33. The van der Waals surface area contributed by atoms with Crippen molar-refractivity contribution in [1.82, 2.24) is 15.0 Å². The van der Waals surface area contributed by atoms with E-state index in [1.54, 1.807) is 10.9 Å². The van der Waals surface area contributed by atoms with Crippen molar-refractivity contribution in [2.24, 2.45) is 23.5 Å². The highest BCUT2D eigenvalue weighted by atomic mass is 16.1. The Labute approximate surface area is 108 Å². The number of ketones is 1. The lowest BCUT2D eigenvalue weighted by Gasteiger charge is -2.31. The molecule has 1 aliphatic carbocycles. The van der Waals surface area contributed by atoms with Crippen molar-refractivity contribution in [2.75, 3.05) is 0 Å². The van der Waals surface area contributed by atoms with Gasteiger partial charge in [-0.05, 0) is 31.1 Å². The lowest BCUT2D eigenvalue weighted by atomic mass is 9.74.